The maximum atomic E-state index is 12.8. The summed E-state index contributed by atoms with van der Waals surface area (Å²) >= 11 is 0. The van der Waals surface area contributed by atoms with Gasteiger partial charge in [0.1, 0.15) is 17.6 Å². The van der Waals surface area contributed by atoms with Gasteiger partial charge < -0.3 is 19.6 Å². The van der Waals surface area contributed by atoms with Crippen molar-refractivity contribution >= 4 is 16.7 Å². The highest BCUT2D eigenvalue weighted by Gasteiger charge is 2.24. The Morgan fingerprint density at radius 3 is 3.03 bits per heavy atom. The lowest BCUT2D eigenvalue weighted by Gasteiger charge is -2.22. The van der Waals surface area contributed by atoms with Crippen molar-refractivity contribution in [3.63, 3.8) is 0 Å². The van der Waals surface area contributed by atoms with Gasteiger partial charge >= 0.3 is 5.69 Å². The van der Waals surface area contributed by atoms with Crippen molar-refractivity contribution in [2.75, 3.05) is 11.9 Å². The average Bonchev–Trinajstić information content (AvgIpc) is 3.55. The van der Waals surface area contributed by atoms with E-state index in [-0.39, 0.29) is 11.8 Å². The molecule has 1 atom stereocenters. The van der Waals surface area contributed by atoms with Crippen molar-refractivity contribution in [1.29, 1.82) is 0 Å². The number of H-pyrrole nitrogens is 2. The minimum absolute atomic E-state index is 0.0987. The highest BCUT2D eigenvalue weighted by atomic mass is 16.5. The summed E-state index contributed by atoms with van der Waals surface area (Å²) in [6.45, 7) is 2.15. The number of aryl methyl sites for hydroxylation is 1. The Bertz CT molecular complexity index is 1250. The first-order valence-electron chi connectivity index (χ1n) is 11.2. The molecule has 1 aromatic carbocycles. The molecule has 4 heterocycles. The second-order valence-corrected chi connectivity index (χ2v) is 8.11. The lowest BCUT2D eigenvalue weighted by atomic mass is 10.1. The number of benzene rings is 1. The molecule has 1 aliphatic heterocycles. The molecule has 0 aliphatic carbocycles. The predicted octanol–water partition coefficient (Wildman–Crippen LogP) is 3.96. The quantitative estimate of drug-likeness (QED) is 0.373. The molecule has 3 aromatic heterocycles. The average molecular weight is 433 g/mol. The molecule has 5 rings (SSSR count). The van der Waals surface area contributed by atoms with Gasteiger partial charge in [0.25, 0.3) is 0 Å². The molecule has 0 radical (unpaired) electrons. The number of allylic oxidation sites excluding steroid dienone is 1. The second kappa shape index (κ2) is 9.21. The summed E-state index contributed by atoms with van der Waals surface area (Å²) in [5.74, 6) is 0.762. The normalized spacial score (nSPS) is 15.8. The Labute approximate surface area is 185 Å². The first-order valence-corrected chi connectivity index (χ1v) is 11.2. The third kappa shape index (κ3) is 4.21. The number of nitrogens with zero attached hydrogens (tertiary/aromatic N) is 3. The van der Waals surface area contributed by atoms with Gasteiger partial charge in [0, 0.05) is 49.1 Å². The zero-order valence-corrected chi connectivity index (χ0v) is 18.0. The van der Waals surface area contributed by atoms with Crippen molar-refractivity contribution in [2.24, 2.45) is 0 Å². The zero-order chi connectivity index (χ0) is 21.8. The number of imidazole rings is 2. The molecule has 4 aromatic rings. The Balaban J connectivity index is 1.32. The fourth-order valence-corrected chi connectivity index (χ4v) is 4.40. The largest absolute Gasteiger partial charge is 0.492 e. The maximum absolute atomic E-state index is 12.8. The monoisotopic (exact) mass is 432 g/mol. The van der Waals surface area contributed by atoms with E-state index >= 15 is 0 Å². The van der Waals surface area contributed by atoms with E-state index in [1.165, 1.54) is 10.9 Å². The van der Waals surface area contributed by atoms with Gasteiger partial charge in [0.05, 0.1) is 12.6 Å². The summed E-state index contributed by atoms with van der Waals surface area (Å²) in [7, 11) is 0. The molecule has 8 nitrogen and oxygen atoms in total. The van der Waals surface area contributed by atoms with Crippen LogP contribution in [0.4, 0.5) is 5.82 Å². The molecule has 0 saturated carbocycles. The molecule has 3 N–H and O–H groups in total. The van der Waals surface area contributed by atoms with Crippen LogP contribution < -0.4 is 11.0 Å². The van der Waals surface area contributed by atoms with E-state index in [1.54, 1.807) is 18.8 Å². The molecule has 32 heavy (non-hydrogen) atoms. The number of para-hydroxylation sites is 1. The van der Waals surface area contributed by atoms with E-state index in [0.717, 1.165) is 49.3 Å². The van der Waals surface area contributed by atoms with Gasteiger partial charge in [-0.3, -0.25) is 9.55 Å². The van der Waals surface area contributed by atoms with Gasteiger partial charge in [-0.1, -0.05) is 18.2 Å². The molecule has 1 aliphatic rings. The summed E-state index contributed by atoms with van der Waals surface area (Å²) in [6, 6.07) is 8.31. The number of aromatic nitrogens is 5. The van der Waals surface area contributed by atoms with Crippen LogP contribution in [-0.4, -0.2) is 30.6 Å². The highest BCUT2D eigenvalue weighted by molar-refractivity contribution is 5.83. The fourth-order valence-electron chi connectivity index (χ4n) is 4.40. The Morgan fingerprint density at radius 1 is 1.25 bits per heavy atom. The van der Waals surface area contributed by atoms with Crippen LogP contribution in [-0.2, 0) is 24.2 Å². The van der Waals surface area contributed by atoms with Crippen molar-refractivity contribution in [3.8, 4) is 0 Å². The number of nitrogens with one attached hydrogen (secondary N) is 3. The van der Waals surface area contributed by atoms with Gasteiger partial charge in [-0.25, -0.2) is 9.78 Å². The minimum atomic E-state index is -0.136. The summed E-state index contributed by atoms with van der Waals surface area (Å²) in [6.07, 6.45) is 14.7. The van der Waals surface area contributed by atoms with Crippen LogP contribution in [0.1, 0.15) is 36.6 Å². The molecule has 0 bridgehead atoms. The lowest BCUT2D eigenvalue weighted by Crippen LogP contribution is -2.22. The van der Waals surface area contributed by atoms with Crippen LogP contribution in [0.3, 0.4) is 0 Å². The van der Waals surface area contributed by atoms with E-state index in [0.29, 0.717) is 13.1 Å². The topological polar surface area (TPSA) is 92.7 Å². The number of rotatable bonds is 9. The summed E-state index contributed by atoms with van der Waals surface area (Å²) in [4.78, 5) is 23.3. The predicted molar refractivity (Wildman–Crippen MR) is 125 cm³/mol. The summed E-state index contributed by atoms with van der Waals surface area (Å²) < 4.78 is 9.75. The molecule has 0 amide bonds. The third-order valence-electron chi connectivity index (χ3n) is 5.99. The van der Waals surface area contributed by atoms with Crippen LogP contribution >= 0.6 is 0 Å². The Hall–Kier alpha value is -3.68. The van der Waals surface area contributed by atoms with E-state index < -0.39 is 0 Å². The Morgan fingerprint density at radius 2 is 2.19 bits per heavy atom. The lowest BCUT2D eigenvalue weighted by molar-refractivity contribution is 0.117. The van der Waals surface area contributed by atoms with Crippen molar-refractivity contribution in [1.82, 2.24) is 24.1 Å². The number of hydrogen-bond acceptors (Lipinski definition) is 4. The number of hydrogen-bond donors (Lipinski definition) is 3. The third-order valence-corrected chi connectivity index (χ3v) is 5.99. The molecule has 0 saturated heterocycles. The highest BCUT2D eigenvalue weighted by Crippen LogP contribution is 2.31. The van der Waals surface area contributed by atoms with Gasteiger partial charge in [0.2, 0.25) is 0 Å². The first kappa shape index (κ1) is 20.2. The molecule has 166 valence electrons. The Kier molecular flexibility index (Phi) is 5.83. The molecule has 1 unspecified atom stereocenters. The van der Waals surface area contributed by atoms with E-state index in [1.807, 2.05) is 27.5 Å². The van der Waals surface area contributed by atoms with Crippen LogP contribution in [0.2, 0.25) is 0 Å². The first-order chi connectivity index (χ1) is 15.8. The molecule has 8 heteroatoms. The molecule has 0 fully saturated rings. The fraction of sp³-hybridized carbons (Fsp3) is 0.333. The molecule has 0 spiro atoms. The van der Waals surface area contributed by atoms with Crippen molar-refractivity contribution in [2.45, 2.75) is 44.9 Å². The molecular formula is C24H28N6O2. The van der Waals surface area contributed by atoms with Gasteiger partial charge in [-0.2, -0.15) is 0 Å². The standard InChI is InChI=1S/C24H28N6O2/c31-24-28-23(26-10-9-18-16-27-20-7-2-1-6-19(18)20)22(21-8-3-4-15-32-21)30(24)13-5-12-29-14-11-25-17-29/h1-2,4,6-7,11,14-17,21,26-27H,3,5,8-10,12-13H2,(H,28,31). The van der Waals surface area contributed by atoms with Crippen LogP contribution in [0.15, 0.2) is 66.3 Å². The summed E-state index contributed by atoms with van der Waals surface area (Å²) in [5, 5.41) is 4.71. The maximum Gasteiger partial charge on any atom is 0.327 e. The van der Waals surface area contributed by atoms with E-state index in [9.17, 15) is 4.79 Å². The number of ether oxygens (including phenoxy) is 1. The number of fused-ring (bicyclic) bond motifs is 1. The van der Waals surface area contributed by atoms with E-state index in [2.05, 4.69) is 44.7 Å². The zero-order valence-electron chi connectivity index (χ0n) is 18.0. The van der Waals surface area contributed by atoms with Gasteiger partial charge in [-0.05, 0) is 43.4 Å². The SMILES string of the molecule is O=c1[nH]c(NCCc2c[nH]c3ccccc23)c(C2CCC=CO2)n1CCCn1ccnc1. The number of aromatic amines is 2. The van der Waals surface area contributed by atoms with Crippen LogP contribution in [0, 0.1) is 0 Å². The smallest absolute Gasteiger partial charge is 0.327 e. The number of anilines is 1. The minimum Gasteiger partial charge on any atom is -0.492 e. The molecular weight excluding hydrogens is 404 g/mol. The van der Waals surface area contributed by atoms with Crippen LogP contribution in [0.5, 0.6) is 0 Å². The summed E-state index contributed by atoms with van der Waals surface area (Å²) in [5.41, 5.74) is 3.21. The van der Waals surface area contributed by atoms with E-state index in [4.69, 9.17) is 4.74 Å². The van der Waals surface area contributed by atoms with Gasteiger partial charge in [0.15, 0.2) is 0 Å². The van der Waals surface area contributed by atoms with Crippen LogP contribution in [0.25, 0.3) is 10.9 Å². The van der Waals surface area contributed by atoms with Gasteiger partial charge in [-0.15, -0.1) is 0 Å². The van der Waals surface area contributed by atoms with Crippen molar-refractivity contribution in [3.05, 3.63) is 83.3 Å². The van der Waals surface area contributed by atoms with Crippen molar-refractivity contribution < 1.29 is 4.74 Å². The second-order valence-electron chi connectivity index (χ2n) is 8.11.